The minimum absolute atomic E-state index is 0.167. The Morgan fingerprint density at radius 2 is 1.60 bits per heavy atom. The van der Waals surface area contributed by atoms with Crippen LogP contribution in [0.15, 0.2) is 35.4 Å². The van der Waals surface area contributed by atoms with Crippen LogP contribution in [0.5, 0.6) is 0 Å². The number of carbonyl (C=O) groups excluding carboxylic acids is 5. The second-order valence-corrected chi connectivity index (χ2v) is 11.1. The average molecular weight is 589 g/mol. The first-order valence-electron chi connectivity index (χ1n) is 14.2. The highest BCUT2D eigenvalue weighted by atomic mass is 16.2. The molecule has 232 valence electrons. The van der Waals surface area contributed by atoms with Crippen LogP contribution in [-0.4, -0.2) is 93.4 Å². The second kappa shape index (κ2) is 19.8. The van der Waals surface area contributed by atoms with E-state index in [9.17, 15) is 24.0 Å². The molecule has 0 unspecified atom stereocenters. The minimum atomic E-state index is -1.01. The Kier molecular flexibility index (Phi) is 16.9. The number of hydrogen-bond acceptors (Lipinski definition) is 6. The van der Waals surface area contributed by atoms with Crippen LogP contribution < -0.4 is 27.0 Å². The van der Waals surface area contributed by atoms with E-state index in [4.69, 9.17) is 11.3 Å². The van der Waals surface area contributed by atoms with Crippen molar-refractivity contribution in [3.8, 4) is 0 Å². The lowest BCUT2D eigenvalue weighted by Crippen LogP contribution is -2.55. The van der Waals surface area contributed by atoms with Gasteiger partial charge in [-0.2, -0.15) is 0 Å². The van der Waals surface area contributed by atoms with Crippen LogP contribution in [0.25, 0.3) is 10.4 Å². The number of azide groups is 1. The Morgan fingerprint density at radius 3 is 2.24 bits per heavy atom. The van der Waals surface area contributed by atoms with Crippen LogP contribution in [0.2, 0.25) is 0 Å². The molecule has 0 aliphatic rings. The monoisotopic (exact) mass is 588 g/mol. The van der Waals surface area contributed by atoms with E-state index in [1.54, 1.807) is 0 Å². The number of quaternary nitrogens is 1. The van der Waals surface area contributed by atoms with Gasteiger partial charge in [-0.05, 0) is 43.2 Å². The van der Waals surface area contributed by atoms with E-state index in [0.717, 1.165) is 29.4 Å². The summed E-state index contributed by atoms with van der Waals surface area (Å²) < 4.78 is 0.752. The number of primary amides is 1. The topological polar surface area (TPSA) is 208 Å². The molecule has 0 aliphatic heterocycles. The van der Waals surface area contributed by atoms with Gasteiger partial charge in [-0.15, -0.1) is 0 Å². The third kappa shape index (κ3) is 17.5. The molecular formula is C28H46N9O5+. The van der Waals surface area contributed by atoms with Crippen LogP contribution >= 0.6 is 0 Å². The summed E-state index contributed by atoms with van der Waals surface area (Å²) in [6.45, 7) is 0.532. The molecule has 14 nitrogen and oxygen atoms in total. The number of carbonyl (C=O) groups is 5. The molecule has 0 fully saturated rings. The highest BCUT2D eigenvalue weighted by Crippen LogP contribution is 2.08. The predicted molar refractivity (Wildman–Crippen MR) is 158 cm³/mol. The maximum atomic E-state index is 13.3. The molecule has 6 N–H and O–H groups in total. The molecule has 0 saturated heterocycles. The lowest BCUT2D eigenvalue weighted by atomic mass is 10.0. The molecule has 0 aliphatic carbocycles. The van der Waals surface area contributed by atoms with Gasteiger partial charge < -0.3 is 31.5 Å². The van der Waals surface area contributed by atoms with Crippen molar-refractivity contribution in [1.29, 1.82) is 0 Å². The SMILES string of the molecule is C[N+](C)(C)CCCC[C@H](NC(=O)CN=[N+]=[N-])C(=O)N[C@@H](Cc1ccccc1)C(=O)NCC(=O)NCCCCCC(N)=O. The van der Waals surface area contributed by atoms with Crippen molar-refractivity contribution in [2.24, 2.45) is 10.8 Å². The summed E-state index contributed by atoms with van der Waals surface area (Å²) in [5.74, 6) is -2.45. The molecule has 1 aromatic rings. The Labute approximate surface area is 247 Å². The summed E-state index contributed by atoms with van der Waals surface area (Å²) in [6, 6.07) is 7.15. The molecule has 0 saturated carbocycles. The standard InChI is InChI=1S/C28H45N9O5/c1-37(2,3)17-11-9-14-22(34-26(40)20-33-36-30)28(42)35-23(18-21-12-6-4-7-13-21)27(41)32-19-25(39)31-16-10-5-8-15-24(29)38/h4,6-7,12-13,22-23H,5,8-11,14-20H2,1-3H3,(H5-,29,31,32,34,35,38,39,40,41,42)/p+1/t22-,23-/m0/s1. The summed E-state index contributed by atoms with van der Waals surface area (Å²) in [6.07, 6.45) is 4.30. The molecule has 0 spiro atoms. The van der Waals surface area contributed by atoms with Crippen molar-refractivity contribution >= 4 is 29.5 Å². The fourth-order valence-corrected chi connectivity index (χ4v) is 4.05. The van der Waals surface area contributed by atoms with Gasteiger partial charge in [-0.3, -0.25) is 24.0 Å². The van der Waals surface area contributed by atoms with E-state index in [1.165, 1.54) is 0 Å². The van der Waals surface area contributed by atoms with E-state index >= 15 is 0 Å². The molecule has 0 aromatic heterocycles. The van der Waals surface area contributed by atoms with Gasteiger partial charge in [0.25, 0.3) is 0 Å². The zero-order chi connectivity index (χ0) is 31.4. The second-order valence-electron chi connectivity index (χ2n) is 11.1. The Morgan fingerprint density at radius 1 is 0.881 bits per heavy atom. The fourth-order valence-electron chi connectivity index (χ4n) is 4.05. The molecule has 14 heteroatoms. The Hall–Kier alpha value is -4.16. The predicted octanol–water partition coefficient (Wildman–Crippen LogP) is 0.664. The zero-order valence-corrected chi connectivity index (χ0v) is 24.9. The Bertz CT molecular complexity index is 1070. The van der Waals surface area contributed by atoms with Crippen molar-refractivity contribution in [2.45, 2.75) is 63.5 Å². The van der Waals surface area contributed by atoms with Crippen LogP contribution in [0, 0.1) is 0 Å². The third-order valence-electron chi connectivity index (χ3n) is 6.26. The van der Waals surface area contributed by atoms with Gasteiger partial charge in [-0.1, -0.05) is 41.9 Å². The molecule has 1 aromatic carbocycles. The van der Waals surface area contributed by atoms with Crippen LogP contribution in [0.3, 0.4) is 0 Å². The lowest BCUT2D eigenvalue weighted by Gasteiger charge is -2.25. The zero-order valence-electron chi connectivity index (χ0n) is 24.9. The van der Waals surface area contributed by atoms with Gasteiger partial charge in [0.15, 0.2) is 0 Å². The quantitative estimate of drug-likeness (QED) is 0.0460. The number of rotatable bonds is 21. The molecule has 2 atom stereocenters. The van der Waals surface area contributed by atoms with Crippen molar-refractivity contribution < 1.29 is 28.5 Å². The first kappa shape index (κ1) is 35.9. The average Bonchev–Trinajstić information content (AvgIpc) is 2.93. The van der Waals surface area contributed by atoms with Crippen molar-refractivity contribution in [2.75, 3.05) is 47.3 Å². The van der Waals surface area contributed by atoms with E-state index < -0.39 is 36.3 Å². The smallest absolute Gasteiger partial charge is 0.243 e. The number of amides is 5. The highest BCUT2D eigenvalue weighted by molar-refractivity contribution is 5.93. The summed E-state index contributed by atoms with van der Waals surface area (Å²) in [5, 5.41) is 13.9. The summed E-state index contributed by atoms with van der Waals surface area (Å²) in [5.41, 5.74) is 14.4. The number of benzene rings is 1. The number of nitrogens with zero attached hydrogens (tertiary/aromatic N) is 4. The van der Waals surface area contributed by atoms with Gasteiger partial charge >= 0.3 is 0 Å². The first-order chi connectivity index (χ1) is 19.9. The van der Waals surface area contributed by atoms with E-state index in [1.807, 2.05) is 30.3 Å². The van der Waals surface area contributed by atoms with Gasteiger partial charge in [-0.25, -0.2) is 0 Å². The van der Waals surface area contributed by atoms with Crippen LogP contribution in [-0.2, 0) is 30.4 Å². The van der Waals surface area contributed by atoms with Crippen LogP contribution in [0.4, 0.5) is 0 Å². The van der Waals surface area contributed by atoms with Gasteiger partial charge in [0.1, 0.15) is 18.6 Å². The number of unbranched alkanes of at least 4 members (excludes halogenated alkanes) is 3. The fraction of sp³-hybridized carbons (Fsp3) is 0.607. The number of nitrogens with one attached hydrogen (secondary N) is 4. The highest BCUT2D eigenvalue weighted by Gasteiger charge is 2.27. The molecule has 42 heavy (non-hydrogen) atoms. The molecule has 0 heterocycles. The molecule has 0 bridgehead atoms. The molecule has 0 radical (unpaired) electrons. The van der Waals surface area contributed by atoms with Gasteiger partial charge in [0.2, 0.25) is 29.5 Å². The summed E-state index contributed by atoms with van der Waals surface area (Å²) in [7, 11) is 6.18. The van der Waals surface area contributed by atoms with E-state index in [2.05, 4.69) is 52.4 Å². The Balaban J connectivity index is 2.84. The van der Waals surface area contributed by atoms with E-state index in [0.29, 0.717) is 38.6 Å². The van der Waals surface area contributed by atoms with Gasteiger partial charge in [0.05, 0.1) is 34.2 Å². The lowest BCUT2D eigenvalue weighted by molar-refractivity contribution is -0.870. The largest absolute Gasteiger partial charge is 0.370 e. The normalized spacial score (nSPS) is 12.3. The van der Waals surface area contributed by atoms with Crippen LogP contribution in [0.1, 0.15) is 50.5 Å². The number of nitrogens with two attached hydrogens (primary N) is 1. The first-order valence-corrected chi connectivity index (χ1v) is 14.2. The molecular weight excluding hydrogens is 542 g/mol. The molecule has 1 rings (SSSR count). The number of hydrogen-bond donors (Lipinski definition) is 5. The van der Waals surface area contributed by atoms with Gasteiger partial charge in [0, 0.05) is 24.3 Å². The van der Waals surface area contributed by atoms with Crippen molar-refractivity contribution in [3.05, 3.63) is 46.3 Å². The van der Waals surface area contributed by atoms with E-state index in [-0.39, 0.29) is 24.8 Å². The summed E-state index contributed by atoms with van der Waals surface area (Å²) >= 11 is 0. The maximum absolute atomic E-state index is 13.3. The maximum Gasteiger partial charge on any atom is 0.243 e. The summed E-state index contributed by atoms with van der Waals surface area (Å²) in [4.78, 5) is 64.4. The molecule has 5 amide bonds. The van der Waals surface area contributed by atoms with Crippen molar-refractivity contribution in [1.82, 2.24) is 21.3 Å². The minimum Gasteiger partial charge on any atom is -0.370 e. The third-order valence-corrected chi connectivity index (χ3v) is 6.26. The van der Waals surface area contributed by atoms with Crippen molar-refractivity contribution in [3.63, 3.8) is 0 Å².